The number of aromatic nitrogens is 2. The Hall–Kier alpha value is -0.910. The van der Waals surface area contributed by atoms with Gasteiger partial charge in [0.1, 0.15) is 0 Å². The van der Waals surface area contributed by atoms with E-state index >= 15 is 0 Å². The van der Waals surface area contributed by atoms with E-state index in [2.05, 4.69) is 28.3 Å². The molecule has 18 heavy (non-hydrogen) atoms. The van der Waals surface area contributed by atoms with Gasteiger partial charge in [0.15, 0.2) is 0 Å². The molecular formula is C13H26N4O. The van der Waals surface area contributed by atoms with Crippen molar-refractivity contribution in [3.63, 3.8) is 0 Å². The fourth-order valence-electron chi connectivity index (χ4n) is 2.19. The van der Waals surface area contributed by atoms with Gasteiger partial charge in [-0.15, -0.1) is 0 Å². The minimum absolute atomic E-state index is 0.220. The van der Waals surface area contributed by atoms with Crippen molar-refractivity contribution in [2.45, 2.75) is 33.4 Å². The molecule has 0 bridgehead atoms. The molecule has 0 radical (unpaired) electrons. The van der Waals surface area contributed by atoms with Crippen molar-refractivity contribution >= 4 is 0 Å². The van der Waals surface area contributed by atoms with Crippen LogP contribution in [0.4, 0.5) is 0 Å². The first-order chi connectivity index (χ1) is 8.78. The molecule has 5 nitrogen and oxygen atoms in total. The molecule has 1 heterocycles. The monoisotopic (exact) mass is 254 g/mol. The first kappa shape index (κ1) is 15.1. The third kappa shape index (κ3) is 3.80. The Balaban J connectivity index is 2.73. The van der Waals surface area contributed by atoms with Gasteiger partial charge in [-0.25, -0.2) is 4.98 Å². The molecular weight excluding hydrogens is 228 g/mol. The smallest absolute Gasteiger partial charge is 0.0948 e. The molecule has 0 aliphatic carbocycles. The predicted octanol–water partition coefficient (Wildman–Crippen LogP) is 1.26. The fraction of sp³-hybridized carbons (Fsp3) is 0.769. The molecule has 0 spiro atoms. The Bertz CT molecular complexity index is 327. The second-order valence-corrected chi connectivity index (χ2v) is 4.18. The van der Waals surface area contributed by atoms with Crippen LogP contribution in [0.5, 0.6) is 0 Å². The number of rotatable bonds is 9. The average Bonchev–Trinajstić information content (AvgIpc) is 2.86. The first-order valence-corrected chi connectivity index (χ1v) is 6.80. The van der Waals surface area contributed by atoms with Gasteiger partial charge in [-0.05, 0) is 20.4 Å². The van der Waals surface area contributed by atoms with Gasteiger partial charge in [0, 0.05) is 32.4 Å². The van der Waals surface area contributed by atoms with Crippen molar-refractivity contribution in [1.29, 1.82) is 0 Å². The highest BCUT2D eigenvalue weighted by Crippen LogP contribution is 2.19. The molecule has 104 valence electrons. The van der Waals surface area contributed by atoms with Crippen LogP contribution in [0, 0.1) is 0 Å². The second kappa shape index (κ2) is 8.24. The number of nitrogens with zero attached hydrogens (tertiary/aromatic N) is 3. The Morgan fingerprint density at radius 3 is 2.78 bits per heavy atom. The zero-order valence-electron chi connectivity index (χ0n) is 11.8. The van der Waals surface area contributed by atoms with Gasteiger partial charge < -0.3 is 15.0 Å². The number of ether oxygens (including phenoxy) is 1. The largest absolute Gasteiger partial charge is 0.380 e. The zero-order chi connectivity index (χ0) is 13.4. The molecule has 1 aromatic heterocycles. The van der Waals surface area contributed by atoms with E-state index in [1.54, 1.807) is 0 Å². The molecule has 1 rings (SSSR count). The fourth-order valence-corrected chi connectivity index (χ4v) is 2.19. The van der Waals surface area contributed by atoms with E-state index < -0.39 is 0 Å². The van der Waals surface area contributed by atoms with Crippen molar-refractivity contribution < 1.29 is 4.74 Å². The van der Waals surface area contributed by atoms with E-state index in [4.69, 9.17) is 10.5 Å². The van der Waals surface area contributed by atoms with Gasteiger partial charge in [0.2, 0.25) is 0 Å². The van der Waals surface area contributed by atoms with E-state index in [0.717, 1.165) is 32.8 Å². The van der Waals surface area contributed by atoms with Gasteiger partial charge in [-0.3, -0.25) is 4.90 Å². The van der Waals surface area contributed by atoms with E-state index in [-0.39, 0.29) is 6.04 Å². The van der Waals surface area contributed by atoms with Crippen LogP contribution >= 0.6 is 0 Å². The average molecular weight is 254 g/mol. The Kier molecular flexibility index (Phi) is 6.93. The highest BCUT2D eigenvalue weighted by molar-refractivity contribution is 5.06. The molecule has 1 unspecified atom stereocenters. The normalized spacial score (nSPS) is 13.2. The van der Waals surface area contributed by atoms with E-state index in [0.29, 0.717) is 6.54 Å². The number of hydrogen-bond acceptors (Lipinski definition) is 4. The van der Waals surface area contributed by atoms with E-state index in [9.17, 15) is 0 Å². The number of aryl methyl sites for hydroxylation is 1. The Labute approximate surface area is 110 Å². The summed E-state index contributed by atoms with van der Waals surface area (Å²) in [6.07, 6.45) is 3.79. The van der Waals surface area contributed by atoms with Crippen molar-refractivity contribution in [2.24, 2.45) is 5.73 Å². The van der Waals surface area contributed by atoms with E-state index in [1.807, 2.05) is 19.4 Å². The molecule has 0 saturated carbocycles. The van der Waals surface area contributed by atoms with Crippen molar-refractivity contribution in [3.05, 3.63) is 18.2 Å². The molecule has 0 saturated heterocycles. The minimum Gasteiger partial charge on any atom is -0.380 e. The molecule has 0 aromatic carbocycles. The predicted molar refractivity (Wildman–Crippen MR) is 73.4 cm³/mol. The zero-order valence-corrected chi connectivity index (χ0v) is 11.8. The summed E-state index contributed by atoms with van der Waals surface area (Å²) in [4.78, 5) is 6.57. The molecule has 0 amide bonds. The summed E-state index contributed by atoms with van der Waals surface area (Å²) >= 11 is 0. The van der Waals surface area contributed by atoms with Crippen LogP contribution in [0.1, 0.15) is 32.5 Å². The van der Waals surface area contributed by atoms with Gasteiger partial charge in [-0.2, -0.15) is 0 Å². The standard InChI is InChI=1S/C13H26N4O/c1-4-16(7-8-18-6-3)12(9-14)13-10-15-11-17(13)5-2/h10-12H,4-9,14H2,1-3H3. The molecule has 1 aromatic rings. The van der Waals surface area contributed by atoms with Gasteiger partial charge in [0.25, 0.3) is 0 Å². The van der Waals surface area contributed by atoms with Crippen LogP contribution in [0.15, 0.2) is 12.5 Å². The summed E-state index contributed by atoms with van der Waals surface area (Å²) in [6.45, 7) is 11.2. The summed E-state index contributed by atoms with van der Waals surface area (Å²) in [6, 6.07) is 0.220. The van der Waals surface area contributed by atoms with Gasteiger partial charge in [0.05, 0.1) is 24.7 Å². The van der Waals surface area contributed by atoms with Crippen LogP contribution in [0.3, 0.4) is 0 Å². The summed E-state index contributed by atoms with van der Waals surface area (Å²) in [5.74, 6) is 0. The highest BCUT2D eigenvalue weighted by atomic mass is 16.5. The van der Waals surface area contributed by atoms with Crippen molar-refractivity contribution in [3.8, 4) is 0 Å². The lowest BCUT2D eigenvalue weighted by Gasteiger charge is -2.30. The second-order valence-electron chi connectivity index (χ2n) is 4.18. The highest BCUT2D eigenvalue weighted by Gasteiger charge is 2.20. The molecule has 0 aliphatic heterocycles. The maximum atomic E-state index is 5.94. The molecule has 2 N–H and O–H groups in total. The number of imidazole rings is 1. The summed E-state index contributed by atoms with van der Waals surface area (Å²) in [5.41, 5.74) is 7.14. The van der Waals surface area contributed by atoms with Crippen LogP contribution in [0.25, 0.3) is 0 Å². The maximum absolute atomic E-state index is 5.94. The van der Waals surface area contributed by atoms with E-state index in [1.165, 1.54) is 5.69 Å². The maximum Gasteiger partial charge on any atom is 0.0948 e. The molecule has 0 fully saturated rings. The van der Waals surface area contributed by atoms with Crippen molar-refractivity contribution in [2.75, 3.05) is 32.8 Å². The number of likely N-dealkylation sites (N-methyl/N-ethyl adjacent to an activating group) is 1. The topological polar surface area (TPSA) is 56.3 Å². The van der Waals surface area contributed by atoms with Crippen LogP contribution in [-0.2, 0) is 11.3 Å². The third-order valence-corrected chi connectivity index (χ3v) is 3.22. The van der Waals surface area contributed by atoms with Gasteiger partial charge >= 0.3 is 0 Å². The lowest BCUT2D eigenvalue weighted by molar-refractivity contribution is 0.0963. The van der Waals surface area contributed by atoms with Crippen LogP contribution < -0.4 is 5.73 Å². The summed E-state index contributed by atoms with van der Waals surface area (Å²) in [5, 5.41) is 0. The van der Waals surface area contributed by atoms with Crippen LogP contribution in [0.2, 0.25) is 0 Å². The lowest BCUT2D eigenvalue weighted by Crippen LogP contribution is -2.37. The molecule has 5 heteroatoms. The number of nitrogens with two attached hydrogens (primary N) is 1. The first-order valence-electron chi connectivity index (χ1n) is 6.80. The minimum atomic E-state index is 0.220. The lowest BCUT2D eigenvalue weighted by atomic mass is 10.1. The van der Waals surface area contributed by atoms with Crippen molar-refractivity contribution in [1.82, 2.24) is 14.5 Å². The molecule has 1 atom stereocenters. The molecule has 0 aliphatic rings. The summed E-state index contributed by atoms with van der Waals surface area (Å²) in [7, 11) is 0. The SMILES string of the molecule is CCOCCN(CC)C(CN)c1cncn1CC. The van der Waals surface area contributed by atoms with Crippen LogP contribution in [-0.4, -0.2) is 47.3 Å². The third-order valence-electron chi connectivity index (χ3n) is 3.22. The Morgan fingerprint density at radius 2 is 2.22 bits per heavy atom. The quantitative estimate of drug-likeness (QED) is 0.674. The van der Waals surface area contributed by atoms with Gasteiger partial charge in [-0.1, -0.05) is 6.92 Å². The number of hydrogen-bond donors (Lipinski definition) is 1. The summed E-state index contributed by atoms with van der Waals surface area (Å²) < 4.78 is 7.58. The Morgan fingerprint density at radius 1 is 1.44 bits per heavy atom.